The van der Waals surface area contributed by atoms with Gasteiger partial charge in [-0.2, -0.15) is 4.99 Å². The van der Waals surface area contributed by atoms with E-state index in [0.717, 1.165) is 12.8 Å². The molecule has 1 amide bonds. The number of carbonyl (C=O) groups excluding carboxylic acids is 2. The largest absolute Gasteiger partial charge is 0.444 e. The number of carbonyl (C=O) groups is 1. The maximum Gasteiger partial charge on any atom is 0.410 e. The molecule has 1 saturated carbocycles. The molecule has 5 nitrogen and oxygen atoms in total. The molecule has 1 aliphatic carbocycles. The third-order valence-corrected chi connectivity index (χ3v) is 3.07. The van der Waals surface area contributed by atoms with E-state index in [1.54, 1.807) is 13.1 Å². The molecule has 5 heteroatoms. The van der Waals surface area contributed by atoms with Crippen LogP contribution in [0.4, 0.5) is 4.79 Å². The fourth-order valence-electron chi connectivity index (χ4n) is 1.69. The lowest BCUT2D eigenvalue weighted by atomic mass is 10.1. The van der Waals surface area contributed by atoms with Crippen molar-refractivity contribution in [2.24, 2.45) is 4.99 Å². The van der Waals surface area contributed by atoms with Crippen LogP contribution >= 0.6 is 0 Å². The fourth-order valence-corrected chi connectivity index (χ4v) is 1.69. The van der Waals surface area contributed by atoms with Gasteiger partial charge < -0.3 is 9.64 Å². The lowest BCUT2D eigenvalue weighted by Gasteiger charge is -2.31. The van der Waals surface area contributed by atoms with Crippen LogP contribution < -0.4 is 0 Å². The van der Waals surface area contributed by atoms with Crippen molar-refractivity contribution in [2.75, 3.05) is 7.05 Å². The molecule has 0 aromatic carbocycles. The van der Waals surface area contributed by atoms with Crippen LogP contribution in [0.2, 0.25) is 0 Å². The summed E-state index contributed by atoms with van der Waals surface area (Å²) in [5, 5.41) is 0. The van der Waals surface area contributed by atoms with E-state index in [1.807, 2.05) is 27.7 Å². The Morgan fingerprint density at radius 1 is 1.47 bits per heavy atom. The van der Waals surface area contributed by atoms with Crippen LogP contribution in [0.25, 0.3) is 0 Å². The van der Waals surface area contributed by atoms with Crippen LogP contribution in [0.5, 0.6) is 0 Å². The van der Waals surface area contributed by atoms with Gasteiger partial charge in [-0.25, -0.2) is 9.59 Å². The number of aliphatic imine (C=N–C) groups is 1. The van der Waals surface area contributed by atoms with Crippen LogP contribution in [0, 0.1) is 0 Å². The molecule has 0 N–H and O–H groups in total. The predicted octanol–water partition coefficient (Wildman–Crippen LogP) is 2.11. The van der Waals surface area contributed by atoms with E-state index in [0.29, 0.717) is 0 Å². The van der Waals surface area contributed by atoms with Gasteiger partial charge in [0.1, 0.15) is 5.60 Å². The van der Waals surface area contributed by atoms with Crippen LogP contribution in [-0.4, -0.2) is 41.3 Å². The molecular weight excluding hydrogens is 220 g/mol. The minimum Gasteiger partial charge on any atom is -0.444 e. The average Bonchev–Trinajstić information content (AvgIpc) is 2.94. The second kappa shape index (κ2) is 4.49. The quantitative estimate of drug-likeness (QED) is 0.560. The molecule has 0 heterocycles. The lowest BCUT2D eigenvalue weighted by Crippen LogP contribution is -2.45. The second-order valence-corrected chi connectivity index (χ2v) is 5.57. The Morgan fingerprint density at radius 2 is 2.00 bits per heavy atom. The van der Waals surface area contributed by atoms with Crippen molar-refractivity contribution < 1.29 is 14.3 Å². The molecule has 17 heavy (non-hydrogen) atoms. The molecule has 1 rings (SSSR count). The van der Waals surface area contributed by atoms with E-state index < -0.39 is 17.2 Å². The number of amides is 1. The zero-order valence-corrected chi connectivity index (χ0v) is 11.1. The monoisotopic (exact) mass is 240 g/mol. The van der Waals surface area contributed by atoms with E-state index in [-0.39, 0.29) is 6.04 Å². The number of ether oxygens (including phenoxy) is 1. The van der Waals surface area contributed by atoms with Gasteiger partial charge in [-0.3, -0.25) is 0 Å². The topological polar surface area (TPSA) is 59.0 Å². The summed E-state index contributed by atoms with van der Waals surface area (Å²) < 4.78 is 5.27. The molecule has 0 bridgehead atoms. The van der Waals surface area contributed by atoms with Gasteiger partial charge in [0, 0.05) is 7.05 Å². The first-order chi connectivity index (χ1) is 7.72. The van der Waals surface area contributed by atoms with Crippen molar-refractivity contribution >= 4 is 12.2 Å². The van der Waals surface area contributed by atoms with Gasteiger partial charge in [0.05, 0.1) is 11.6 Å². The van der Waals surface area contributed by atoms with Gasteiger partial charge >= 0.3 is 6.09 Å². The third kappa shape index (κ3) is 3.30. The van der Waals surface area contributed by atoms with Crippen molar-refractivity contribution in [3.63, 3.8) is 0 Å². The van der Waals surface area contributed by atoms with E-state index in [4.69, 9.17) is 4.74 Å². The highest BCUT2D eigenvalue weighted by atomic mass is 16.6. The molecular formula is C12H20N2O3. The molecule has 0 radical (unpaired) electrons. The summed E-state index contributed by atoms with van der Waals surface area (Å²) in [5.74, 6) is 0. The highest BCUT2D eigenvalue weighted by molar-refractivity contribution is 5.68. The van der Waals surface area contributed by atoms with Gasteiger partial charge in [0.25, 0.3) is 0 Å². The first-order valence-electron chi connectivity index (χ1n) is 5.77. The summed E-state index contributed by atoms with van der Waals surface area (Å²) in [6.45, 7) is 7.33. The zero-order chi connectivity index (χ0) is 13.3. The SMILES string of the molecule is CC(N(C)C(=O)OC(C)(C)C)C1(N=C=O)CC1. The smallest absolute Gasteiger partial charge is 0.410 e. The van der Waals surface area contributed by atoms with Crippen molar-refractivity contribution in [3.8, 4) is 0 Å². The predicted molar refractivity (Wildman–Crippen MR) is 63.5 cm³/mol. The minimum absolute atomic E-state index is 0.154. The maximum atomic E-state index is 11.8. The summed E-state index contributed by atoms with van der Waals surface area (Å²) in [6, 6.07) is -0.154. The Hall–Kier alpha value is -1.35. The van der Waals surface area contributed by atoms with Crippen LogP contribution in [0.1, 0.15) is 40.5 Å². The Kier molecular flexibility index (Phi) is 3.62. The van der Waals surface area contributed by atoms with Gasteiger partial charge in [0.2, 0.25) is 6.08 Å². The van der Waals surface area contributed by atoms with Crippen molar-refractivity contribution in [1.29, 1.82) is 0 Å². The number of likely N-dealkylation sites (N-methyl/N-ethyl adjacent to an activating group) is 1. The van der Waals surface area contributed by atoms with E-state index in [2.05, 4.69) is 4.99 Å². The maximum absolute atomic E-state index is 11.8. The Labute approximate surface area is 102 Å². The molecule has 0 aromatic heterocycles. The summed E-state index contributed by atoms with van der Waals surface area (Å²) >= 11 is 0. The molecule has 1 fully saturated rings. The Bertz CT molecular complexity index is 349. The van der Waals surface area contributed by atoms with Crippen LogP contribution in [-0.2, 0) is 9.53 Å². The number of isocyanates is 1. The minimum atomic E-state index is -0.518. The van der Waals surface area contributed by atoms with Crippen molar-refractivity contribution in [3.05, 3.63) is 0 Å². The summed E-state index contributed by atoms with van der Waals surface area (Å²) in [5.41, 5.74) is -0.955. The highest BCUT2D eigenvalue weighted by Gasteiger charge is 2.51. The van der Waals surface area contributed by atoms with Crippen LogP contribution in [0.3, 0.4) is 0 Å². The summed E-state index contributed by atoms with van der Waals surface area (Å²) in [7, 11) is 1.67. The first-order valence-corrected chi connectivity index (χ1v) is 5.77. The molecule has 1 unspecified atom stereocenters. The lowest BCUT2D eigenvalue weighted by molar-refractivity contribution is 0.0207. The normalized spacial score (nSPS) is 18.9. The second-order valence-electron chi connectivity index (χ2n) is 5.57. The average molecular weight is 240 g/mol. The van der Waals surface area contributed by atoms with Gasteiger partial charge in [-0.1, -0.05) is 0 Å². The molecule has 1 aliphatic rings. The summed E-state index contributed by atoms with van der Waals surface area (Å²) in [4.78, 5) is 27.5. The Balaban J connectivity index is 2.67. The van der Waals surface area contributed by atoms with Crippen LogP contribution in [0.15, 0.2) is 4.99 Å². The standard InChI is InChI=1S/C12H20N2O3/c1-9(12(6-7-12)13-8-15)14(5)10(16)17-11(2,3)4/h9H,6-7H2,1-5H3. The molecule has 0 aromatic rings. The van der Waals surface area contributed by atoms with Gasteiger partial charge in [-0.05, 0) is 40.5 Å². The van der Waals surface area contributed by atoms with E-state index >= 15 is 0 Å². The molecule has 1 atom stereocenters. The Morgan fingerprint density at radius 3 is 2.35 bits per heavy atom. The van der Waals surface area contributed by atoms with Gasteiger partial charge in [0.15, 0.2) is 0 Å². The number of hydrogen-bond acceptors (Lipinski definition) is 4. The van der Waals surface area contributed by atoms with Crippen molar-refractivity contribution in [2.45, 2.75) is 57.7 Å². The van der Waals surface area contributed by atoms with Gasteiger partial charge in [-0.15, -0.1) is 0 Å². The molecule has 0 saturated heterocycles. The highest BCUT2D eigenvalue weighted by Crippen LogP contribution is 2.44. The van der Waals surface area contributed by atoms with E-state index in [9.17, 15) is 9.59 Å². The molecule has 0 spiro atoms. The number of hydrogen-bond donors (Lipinski definition) is 0. The third-order valence-electron chi connectivity index (χ3n) is 3.07. The number of nitrogens with zero attached hydrogens (tertiary/aromatic N) is 2. The van der Waals surface area contributed by atoms with E-state index in [1.165, 1.54) is 4.90 Å². The first kappa shape index (κ1) is 13.7. The number of rotatable bonds is 3. The summed E-state index contributed by atoms with van der Waals surface area (Å²) in [6.07, 6.45) is 2.83. The fraction of sp³-hybridized carbons (Fsp3) is 0.833. The van der Waals surface area contributed by atoms with Crippen molar-refractivity contribution in [1.82, 2.24) is 4.90 Å². The molecule has 96 valence electrons. The molecule has 0 aliphatic heterocycles. The zero-order valence-electron chi connectivity index (χ0n) is 11.1.